The number of hydrogen-bond donors (Lipinski definition) is 0. The molecule has 1 aromatic rings. The zero-order valence-electron chi connectivity index (χ0n) is 18.9. The molecule has 30 heavy (non-hydrogen) atoms. The molecule has 0 saturated carbocycles. The minimum atomic E-state index is -4.51. The zero-order valence-corrected chi connectivity index (χ0v) is 21.7. The van der Waals surface area contributed by atoms with Crippen LogP contribution >= 0.6 is 0 Å². The van der Waals surface area contributed by atoms with Gasteiger partial charge in [-0.15, -0.1) is 0 Å². The molecular weight excluding hydrogens is 414 g/mol. The number of halogens is 1. The summed E-state index contributed by atoms with van der Waals surface area (Å²) in [7, 11) is -4.51. The second-order valence-corrected chi connectivity index (χ2v) is 8.97. The van der Waals surface area contributed by atoms with Gasteiger partial charge in [-0.2, -0.15) is 4.39 Å². The first-order chi connectivity index (χ1) is 13.9. The minimum Gasteiger partial charge on any atom is -0.744 e. The van der Waals surface area contributed by atoms with Gasteiger partial charge in [-0.25, -0.2) is 8.42 Å². The Morgan fingerprint density at radius 2 is 1.30 bits per heavy atom. The molecule has 0 bridgehead atoms. The Hall–Kier alpha value is -0.400. The quantitative estimate of drug-likeness (QED) is 0.163. The van der Waals surface area contributed by atoms with Crippen LogP contribution in [-0.2, 0) is 10.1 Å². The van der Waals surface area contributed by atoms with Crippen molar-refractivity contribution in [3.8, 4) is 5.75 Å². The average molecular weight is 451 g/mol. The molecule has 0 aliphatic rings. The molecule has 0 aliphatic heterocycles. The molecule has 7 heteroatoms. The van der Waals surface area contributed by atoms with Crippen LogP contribution in [0.1, 0.15) is 97.3 Å². The molecule has 0 N–H and O–H groups in total. The summed E-state index contributed by atoms with van der Waals surface area (Å²) in [5, 5.41) is 0. The molecule has 1 aromatic carbocycles. The van der Waals surface area contributed by atoms with Gasteiger partial charge in [0, 0.05) is 5.57 Å². The molecule has 0 saturated heterocycles. The Kier molecular flexibility index (Phi) is 17.0. The topological polar surface area (TPSA) is 66.4 Å². The number of rotatable bonds is 16. The Morgan fingerprint density at radius 1 is 0.833 bits per heavy atom. The second-order valence-electron chi connectivity index (χ2n) is 7.59. The van der Waals surface area contributed by atoms with Crippen LogP contribution in [0, 0.1) is 0 Å². The van der Waals surface area contributed by atoms with E-state index in [4.69, 9.17) is 4.74 Å². The fourth-order valence-corrected chi connectivity index (χ4v) is 3.68. The number of benzene rings is 1. The van der Waals surface area contributed by atoms with Crippen LogP contribution in [0.2, 0.25) is 0 Å². The van der Waals surface area contributed by atoms with E-state index in [0.29, 0.717) is 18.4 Å². The van der Waals surface area contributed by atoms with Gasteiger partial charge in [0.1, 0.15) is 15.9 Å². The first-order valence-electron chi connectivity index (χ1n) is 11.0. The second kappa shape index (κ2) is 17.2. The van der Waals surface area contributed by atoms with Crippen molar-refractivity contribution in [1.29, 1.82) is 0 Å². The molecule has 166 valence electrons. The van der Waals surface area contributed by atoms with Crippen LogP contribution in [-0.4, -0.2) is 13.0 Å². The summed E-state index contributed by atoms with van der Waals surface area (Å²) in [6, 6.07) is 4.28. The third kappa shape index (κ3) is 13.1. The third-order valence-corrected chi connectivity index (χ3v) is 5.86. The SMILES string of the molecule is CCCCCCCCCCCC(CCCC)=C(F)Oc1ccc(S(=O)(=O)[O-])cc1.[Na+]. The normalized spacial score (nSPS) is 12.3. The van der Waals surface area contributed by atoms with Crippen LogP contribution in [0.5, 0.6) is 5.75 Å². The molecule has 0 amide bonds. The van der Waals surface area contributed by atoms with Crippen molar-refractivity contribution in [2.24, 2.45) is 0 Å². The van der Waals surface area contributed by atoms with Crippen LogP contribution in [0.25, 0.3) is 0 Å². The van der Waals surface area contributed by atoms with E-state index < -0.39 is 16.1 Å². The standard InChI is InChI=1S/C23H37FO4S.Na/c1-3-5-7-8-9-10-11-12-13-15-20(14-6-4-2)23(24)28-21-16-18-22(19-17-21)29(25,26)27;/h16-19H,3-15H2,1-2H3,(H,25,26,27);/q;+1/p-1. The molecule has 0 radical (unpaired) electrons. The van der Waals surface area contributed by atoms with Gasteiger partial charge < -0.3 is 9.29 Å². The molecule has 0 aliphatic carbocycles. The van der Waals surface area contributed by atoms with Crippen LogP contribution < -0.4 is 34.3 Å². The summed E-state index contributed by atoms with van der Waals surface area (Å²) in [5.41, 5.74) is 0.676. The van der Waals surface area contributed by atoms with Crippen molar-refractivity contribution < 1.29 is 51.7 Å². The van der Waals surface area contributed by atoms with Gasteiger partial charge in [0.15, 0.2) is 0 Å². The summed E-state index contributed by atoms with van der Waals surface area (Å²) in [6.07, 6.45) is 14.2. The molecule has 4 nitrogen and oxygen atoms in total. The van der Waals surface area contributed by atoms with Crippen molar-refractivity contribution in [3.05, 3.63) is 35.9 Å². The summed E-state index contributed by atoms with van der Waals surface area (Å²) in [5.74, 6) is 0.191. The van der Waals surface area contributed by atoms with Gasteiger partial charge in [0.25, 0.3) is 6.01 Å². The number of allylic oxidation sites excluding steroid dienone is 1. The van der Waals surface area contributed by atoms with E-state index in [-0.39, 0.29) is 40.2 Å². The van der Waals surface area contributed by atoms with E-state index in [1.54, 1.807) is 0 Å². The monoisotopic (exact) mass is 450 g/mol. The van der Waals surface area contributed by atoms with Gasteiger partial charge >= 0.3 is 29.6 Å². The van der Waals surface area contributed by atoms with Crippen molar-refractivity contribution in [2.75, 3.05) is 0 Å². The number of unbranched alkanes of at least 4 members (excludes halogenated alkanes) is 9. The summed E-state index contributed by atoms with van der Waals surface area (Å²) >= 11 is 0. The molecule has 0 atom stereocenters. The van der Waals surface area contributed by atoms with Crippen molar-refractivity contribution in [2.45, 2.75) is 102 Å². The van der Waals surface area contributed by atoms with E-state index in [1.807, 2.05) is 0 Å². The Bertz CT molecular complexity index is 702. The minimum absolute atomic E-state index is 0. The average Bonchev–Trinajstić information content (AvgIpc) is 2.68. The van der Waals surface area contributed by atoms with Crippen molar-refractivity contribution >= 4 is 10.1 Å². The van der Waals surface area contributed by atoms with Gasteiger partial charge in [-0.3, -0.25) is 0 Å². The maximum Gasteiger partial charge on any atom is 1.00 e. The first kappa shape index (κ1) is 29.6. The van der Waals surface area contributed by atoms with Crippen LogP contribution in [0.15, 0.2) is 40.7 Å². The van der Waals surface area contributed by atoms with E-state index in [1.165, 1.54) is 57.1 Å². The fraction of sp³-hybridized carbons (Fsp3) is 0.652. The predicted molar refractivity (Wildman–Crippen MR) is 115 cm³/mol. The smallest absolute Gasteiger partial charge is 0.744 e. The number of hydrogen-bond acceptors (Lipinski definition) is 4. The van der Waals surface area contributed by atoms with E-state index in [2.05, 4.69) is 13.8 Å². The van der Waals surface area contributed by atoms with Gasteiger partial charge in [0.05, 0.1) is 4.90 Å². The van der Waals surface area contributed by atoms with Crippen molar-refractivity contribution in [1.82, 2.24) is 0 Å². The Morgan fingerprint density at radius 3 is 1.80 bits per heavy atom. The summed E-state index contributed by atoms with van der Waals surface area (Å²) < 4.78 is 52.8. The van der Waals surface area contributed by atoms with Crippen LogP contribution in [0.3, 0.4) is 0 Å². The summed E-state index contributed by atoms with van der Waals surface area (Å²) in [4.78, 5) is -0.352. The molecule has 1 rings (SSSR count). The molecule has 0 heterocycles. The van der Waals surface area contributed by atoms with E-state index in [9.17, 15) is 17.4 Å². The van der Waals surface area contributed by atoms with Crippen LogP contribution in [0.4, 0.5) is 4.39 Å². The predicted octanol–water partition coefficient (Wildman–Crippen LogP) is 4.27. The molecule has 0 unspecified atom stereocenters. The Balaban J connectivity index is 0.00000841. The molecule has 0 aromatic heterocycles. The maximum atomic E-state index is 14.6. The largest absolute Gasteiger partial charge is 1.00 e. The zero-order chi connectivity index (χ0) is 21.5. The van der Waals surface area contributed by atoms with Gasteiger partial charge in [-0.05, 0) is 49.9 Å². The van der Waals surface area contributed by atoms with Gasteiger partial charge in [-0.1, -0.05) is 71.6 Å². The third-order valence-electron chi connectivity index (χ3n) is 5.01. The van der Waals surface area contributed by atoms with E-state index >= 15 is 0 Å². The summed E-state index contributed by atoms with van der Waals surface area (Å²) in [6.45, 7) is 4.29. The Labute approximate surface area is 204 Å². The van der Waals surface area contributed by atoms with Crippen molar-refractivity contribution in [3.63, 3.8) is 0 Å². The first-order valence-corrected chi connectivity index (χ1v) is 12.4. The fourth-order valence-electron chi connectivity index (χ4n) is 3.21. The van der Waals surface area contributed by atoms with Gasteiger partial charge in [0.2, 0.25) is 0 Å². The number of ether oxygens (including phenoxy) is 1. The molecular formula is C23H36FNaO4S. The maximum absolute atomic E-state index is 14.6. The molecule has 0 fully saturated rings. The van der Waals surface area contributed by atoms with E-state index in [0.717, 1.165) is 37.8 Å². The molecule has 0 spiro atoms.